The van der Waals surface area contributed by atoms with Crippen LogP contribution in [0.1, 0.15) is 53.5 Å². The number of hydrogen-bond acceptors (Lipinski definition) is 4. The number of aryl methyl sites for hydroxylation is 1. The van der Waals surface area contributed by atoms with Gasteiger partial charge in [0.25, 0.3) is 5.91 Å². The summed E-state index contributed by atoms with van der Waals surface area (Å²) in [6.45, 7) is 9.90. The van der Waals surface area contributed by atoms with Gasteiger partial charge in [-0.15, -0.1) is 0 Å². The van der Waals surface area contributed by atoms with Crippen molar-refractivity contribution in [2.24, 2.45) is 4.99 Å². The van der Waals surface area contributed by atoms with E-state index in [0.29, 0.717) is 28.2 Å². The third-order valence-electron chi connectivity index (χ3n) is 5.50. The van der Waals surface area contributed by atoms with E-state index in [4.69, 9.17) is 4.74 Å². The van der Waals surface area contributed by atoms with Crippen molar-refractivity contribution >= 4 is 17.2 Å². The van der Waals surface area contributed by atoms with Crippen molar-refractivity contribution in [1.29, 1.82) is 0 Å². The van der Waals surface area contributed by atoms with Crippen molar-refractivity contribution in [3.8, 4) is 11.5 Å². The largest absolute Gasteiger partial charge is 0.457 e. The van der Waals surface area contributed by atoms with E-state index < -0.39 is 0 Å². The van der Waals surface area contributed by atoms with Crippen LogP contribution in [0, 0.1) is 19.7 Å². The molecule has 176 valence electrons. The average molecular weight is 460 g/mol. The van der Waals surface area contributed by atoms with E-state index in [2.05, 4.69) is 15.3 Å². The Morgan fingerprint density at radius 2 is 1.85 bits per heavy atom. The van der Waals surface area contributed by atoms with Crippen LogP contribution in [0.3, 0.4) is 0 Å². The van der Waals surface area contributed by atoms with Gasteiger partial charge in [0.2, 0.25) is 0 Å². The Bertz CT molecular complexity index is 1250. The maximum absolute atomic E-state index is 13.6. The van der Waals surface area contributed by atoms with Crippen LogP contribution in [0.4, 0.5) is 4.39 Å². The van der Waals surface area contributed by atoms with Gasteiger partial charge < -0.3 is 10.1 Å². The second kappa shape index (κ2) is 10.9. The number of aromatic nitrogens is 1. The molecule has 0 spiro atoms. The molecule has 0 fully saturated rings. The number of carbonyl (C=O) groups is 1. The Hall–Kier alpha value is -3.80. The normalized spacial score (nSPS) is 11.2. The molecule has 5 nitrogen and oxygen atoms in total. The van der Waals surface area contributed by atoms with E-state index in [1.807, 2.05) is 52.8 Å². The molecule has 3 rings (SSSR count). The fraction of sp³-hybridized carbons (Fsp3) is 0.250. The number of benzene rings is 2. The van der Waals surface area contributed by atoms with Gasteiger partial charge in [0.05, 0.1) is 5.69 Å². The zero-order chi connectivity index (χ0) is 24.8. The molecule has 1 aromatic heterocycles. The van der Waals surface area contributed by atoms with Crippen LogP contribution in [0.25, 0.3) is 5.57 Å². The number of rotatable bonds is 7. The number of amides is 1. The number of pyridine rings is 1. The third-order valence-corrected chi connectivity index (χ3v) is 5.50. The molecule has 0 aliphatic carbocycles. The fourth-order valence-electron chi connectivity index (χ4n) is 3.82. The molecule has 6 heteroatoms. The number of allylic oxidation sites excluding steroid dienone is 2. The van der Waals surface area contributed by atoms with Gasteiger partial charge in [-0.05, 0) is 76.1 Å². The maximum Gasteiger partial charge on any atom is 0.251 e. The highest BCUT2D eigenvalue weighted by atomic mass is 19.1. The summed E-state index contributed by atoms with van der Waals surface area (Å²) < 4.78 is 19.8. The number of nitrogens with zero attached hydrogens (tertiary/aromatic N) is 2. The first-order valence-electron chi connectivity index (χ1n) is 11.1. The molecule has 34 heavy (non-hydrogen) atoms. The van der Waals surface area contributed by atoms with Crippen molar-refractivity contribution in [2.75, 3.05) is 7.05 Å². The minimum atomic E-state index is -0.316. The summed E-state index contributed by atoms with van der Waals surface area (Å²) in [5.41, 5.74) is 6.49. The second-order valence-corrected chi connectivity index (χ2v) is 8.41. The van der Waals surface area contributed by atoms with Crippen molar-refractivity contribution < 1.29 is 13.9 Å². The number of hydrogen-bond donors (Lipinski definition) is 1. The maximum atomic E-state index is 13.6. The summed E-state index contributed by atoms with van der Waals surface area (Å²) in [6, 6.07) is 13.7. The summed E-state index contributed by atoms with van der Waals surface area (Å²) in [6.07, 6.45) is 1.70. The van der Waals surface area contributed by atoms with Crippen LogP contribution >= 0.6 is 0 Å². The third kappa shape index (κ3) is 5.95. The molecule has 3 aromatic rings. The van der Waals surface area contributed by atoms with E-state index in [1.54, 1.807) is 31.4 Å². The molecule has 1 heterocycles. The van der Waals surface area contributed by atoms with E-state index >= 15 is 0 Å². The first kappa shape index (κ1) is 24.8. The SMILES string of the molecule is CN=C(C)C(=C(C)C)c1cc(Oc2cccc(C(=O)NCc3cc(C)cc(F)c3)c2C)ccn1. The zero-order valence-corrected chi connectivity index (χ0v) is 20.5. The summed E-state index contributed by atoms with van der Waals surface area (Å²) >= 11 is 0. The van der Waals surface area contributed by atoms with Crippen LogP contribution in [-0.2, 0) is 6.54 Å². The lowest BCUT2D eigenvalue weighted by Crippen LogP contribution is -2.23. The molecular weight excluding hydrogens is 429 g/mol. The molecule has 0 saturated heterocycles. The van der Waals surface area contributed by atoms with E-state index in [0.717, 1.165) is 28.1 Å². The first-order chi connectivity index (χ1) is 16.2. The molecule has 0 aliphatic heterocycles. The van der Waals surface area contributed by atoms with Crippen LogP contribution in [0.2, 0.25) is 0 Å². The van der Waals surface area contributed by atoms with E-state index in [9.17, 15) is 9.18 Å². The smallest absolute Gasteiger partial charge is 0.251 e. The van der Waals surface area contributed by atoms with E-state index in [1.165, 1.54) is 12.1 Å². The number of aliphatic imine (C=N–C) groups is 1. The minimum absolute atomic E-state index is 0.236. The van der Waals surface area contributed by atoms with Gasteiger partial charge in [-0.2, -0.15) is 0 Å². The fourth-order valence-corrected chi connectivity index (χ4v) is 3.82. The Kier molecular flexibility index (Phi) is 7.95. The summed E-state index contributed by atoms with van der Waals surface area (Å²) in [7, 11) is 1.76. The Morgan fingerprint density at radius 3 is 2.53 bits per heavy atom. The highest BCUT2D eigenvalue weighted by Crippen LogP contribution is 2.29. The molecule has 0 aliphatic rings. The molecule has 1 N–H and O–H groups in total. The van der Waals surface area contributed by atoms with Crippen LogP contribution in [0.15, 0.2) is 65.3 Å². The molecule has 0 atom stereocenters. The Balaban J connectivity index is 1.81. The molecule has 1 amide bonds. The van der Waals surface area contributed by atoms with Gasteiger partial charge in [0, 0.05) is 48.3 Å². The van der Waals surface area contributed by atoms with Crippen molar-refractivity contribution in [3.05, 3.63) is 94.1 Å². The quantitative estimate of drug-likeness (QED) is 0.413. The average Bonchev–Trinajstić information content (AvgIpc) is 2.78. The highest BCUT2D eigenvalue weighted by Gasteiger charge is 2.15. The Labute approximate surface area is 200 Å². The Morgan fingerprint density at radius 1 is 1.09 bits per heavy atom. The molecule has 0 saturated carbocycles. The lowest BCUT2D eigenvalue weighted by Gasteiger charge is -2.14. The molecular formula is C28H30FN3O2. The lowest BCUT2D eigenvalue weighted by molar-refractivity contribution is 0.0950. The van der Waals surface area contributed by atoms with Crippen LogP contribution in [-0.4, -0.2) is 23.7 Å². The highest BCUT2D eigenvalue weighted by molar-refractivity contribution is 6.22. The predicted molar refractivity (Wildman–Crippen MR) is 135 cm³/mol. The zero-order valence-electron chi connectivity index (χ0n) is 20.5. The molecule has 0 bridgehead atoms. The van der Waals surface area contributed by atoms with E-state index in [-0.39, 0.29) is 18.3 Å². The number of nitrogens with one attached hydrogen (secondary N) is 1. The molecule has 2 aromatic carbocycles. The number of carbonyl (C=O) groups excluding carboxylic acids is 1. The first-order valence-corrected chi connectivity index (χ1v) is 11.1. The summed E-state index contributed by atoms with van der Waals surface area (Å²) in [5, 5.41) is 2.87. The van der Waals surface area contributed by atoms with Gasteiger partial charge in [-0.25, -0.2) is 4.39 Å². The van der Waals surface area contributed by atoms with Gasteiger partial charge in [-0.3, -0.25) is 14.8 Å². The lowest BCUT2D eigenvalue weighted by atomic mass is 10.0. The van der Waals surface area contributed by atoms with Gasteiger partial charge >= 0.3 is 0 Å². The van der Waals surface area contributed by atoms with Gasteiger partial charge in [-0.1, -0.05) is 17.7 Å². The van der Waals surface area contributed by atoms with Crippen molar-refractivity contribution in [3.63, 3.8) is 0 Å². The van der Waals surface area contributed by atoms with Crippen LogP contribution in [0.5, 0.6) is 11.5 Å². The predicted octanol–water partition coefficient (Wildman–Crippen LogP) is 6.44. The second-order valence-electron chi connectivity index (χ2n) is 8.41. The number of halogens is 1. The standard InChI is InChI=1S/C28H30FN3O2/c1-17(2)27(20(5)30-6)25-15-23(10-11-31-25)34-26-9-7-8-24(19(26)4)28(33)32-16-21-12-18(3)13-22(29)14-21/h7-15H,16H2,1-6H3,(H,32,33). The molecule has 0 unspecified atom stereocenters. The summed E-state index contributed by atoms with van der Waals surface area (Å²) in [5.74, 6) is 0.626. The summed E-state index contributed by atoms with van der Waals surface area (Å²) in [4.78, 5) is 21.7. The van der Waals surface area contributed by atoms with Crippen molar-refractivity contribution in [1.82, 2.24) is 10.3 Å². The number of ether oxygens (including phenoxy) is 1. The molecule has 0 radical (unpaired) electrons. The van der Waals surface area contributed by atoms with Gasteiger partial charge in [0.1, 0.15) is 17.3 Å². The monoisotopic (exact) mass is 459 g/mol. The van der Waals surface area contributed by atoms with Crippen LogP contribution < -0.4 is 10.1 Å². The van der Waals surface area contributed by atoms with Gasteiger partial charge in [0.15, 0.2) is 0 Å². The minimum Gasteiger partial charge on any atom is -0.457 e. The topological polar surface area (TPSA) is 63.6 Å². The van der Waals surface area contributed by atoms with Crippen molar-refractivity contribution in [2.45, 2.75) is 41.2 Å².